The smallest absolute Gasteiger partial charge is 0.225 e. The summed E-state index contributed by atoms with van der Waals surface area (Å²) in [6, 6.07) is 7.90. The van der Waals surface area contributed by atoms with E-state index in [1.807, 2.05) is 11.8 Å². The molecule has 1 saturated heterocycles. The van der Waals surface area contributed by atoms with Crippen LogP contribution in [0.15, 0.2) is 30.3 Å². The second-order valence-electron chi connectivity index (χ2n) is 6.62. The number of benzene rings is 1. The predicted octanol–water partition coefficient (Wildman–Crippen LogP) is 3.37. The summed E-state index contributed by atoms with van der Waals surface area (Å²) in [5.74, 6) is 0.236. The summed E-state index contributed by atoms with van der Waals surface area (Å²) in [6.07, 6.45) is 1.68. The molecule has 2 atom stereocenters. The fourth-order valence-electron chi connectivity index (χ4n) is 3.24. The highest BCUT2D eigenvalue weighted by Crippen LogP contribution is 2.25. The summed E-state index contributed by atoms with van der Waals surface area (Å²) >= 11 is 5.78. The number of aromatic nitrogens is 2. The number of nitrogens with one attached hydrogen (secondary N) is 1. The Labute approximate surface area is 162 Å². The van der Waals surface area contributed by atoms with Gasteiger partial charge in [0.2, 0.25) is 5.91 Å². The predicted molar refractivity (Wildman–Crippen MR) is 101 cm³/mol. The molecule has 2 heterocycles. The van der Waals surface area contributed by atoms with Gasteiger partial charge in [-0.15, -0.1) is 10.2 Å². The van der Waals surface area contributed by atoms with Gasteiger partial charge < -0.3 is 15.0 Å². The van der Waals surface area contributed by atoms with Crippen molar-refractivity contribution in [2.75, 3.05) is 25.1 Å². The second-order valence-corrected chi connectivity index (χ2v) is 7.01. The molecule has 0 spiro atoms. The number of ether oxygens (including phenoxy) is 1. The van der Waals surface area contributed by atoms with Gasteiger partial charge in [-0.1, -0.05) is 17.7 Å². The van der Waals surface area contributed by atoms with Crippen LogP contribution in [0.1, 0.15) is 31.4 Å². The number of rotatable bonds is 5. The van der Waals surface area contributed by atoms with Gasteiger partial charge in [0.15, 0.2) is 22.5 Å². The Morgan fingerprint density at radius 2 is 2.19 bits per heavy atom. The molecule has 3 rings (SSSR count). The van der Waals surface area contributed by atoms with Crippen molar-refractivity contribution >= 4 is 23.3 Å². The molecule has 0 aliphatic carbocycles. The van der Waals surface area contributed by atoms with E-state index in [0.717, 1.165) is 19.4 Å². The van der Waals surface area contributed by atoms with Crippen molar-refractivity contribution in [1.29, 1.82) is 0 Å². The maximum Gasteiger partial charge on any atom is 0.225 e. The molecule has 144 valence electrons. The third-order valence-electron chi connectivity index (χ3n) is 4.77. The largest absolute Gasteiger partial charge is 0.494 e. The fourth-order valence-corrected chi connectivity index (χ4v) is 3.34. The average Bonchev–Trinajstić information content (AvgIpc) is 2.68. The first kappa shape index (κ1) is 19.4. The summed E-state index contributed by atoms with van der Waals surface area (Å²) in [4.78, 5) is 14.7. The summed E-state index contributed by atoms with van der Waals surface area (Å²) < 4.78 is 18.8. The van der Waals surface area contributed by atoms with Crippen LogP contribution in [0.25, 0.3) is 0 Å². The summed E-state index contributed by atoms with van der Waals surface area (Å²) in [7, 11) is 1.42. The Morgan fingerprint density at radius 1 is 1.37 bits per heavy atom. The minimum Gasteiger partial charge on any atom is -0.494 e. The Bertz CT molecular complexity index is 803. The first-order valence-corrected chi connectivity index (χ1v) is 9.23. The van der Waals surface area contributed by atoms with Crippen molar-refractivity contribution in [3.63, 3.8) is 0 Å². The molecular weight excluding hydrogens is 371 g/mol. The fraction of sp³-hybridized carbons (Fsp3) is 0.421. The van der Waals surface area contributed by atoms with E-state index in [2.05, 4.69) is 15.5 Å². The number of hydrogen-bond acceptors (Lipinski definition) is 5. The van der Waals surface area contributed by atoms with Gasteiger partial charge in [0.05, 0.1) is 19.1 Å². The van der Waals surface area contributed by atoms with E-state index in [4.69, 9.17) is 16.3 Å². The Kier molecular flexibility index (Phi) is 6.11. The van der Waals surface area contributed by atoms with Gasteiger partial charge in [0, 0.05) is 13.1 Å². The second kappa shape index (κ2) is 8.52. The standard InChI is InChI=1S/C19H22ClFN4O2/c1-12(13-5-6-16(27-2)15(21)10-13)22-19(26)14-4-3-9-25(11-14)18-8-7-17(20)23-24-18/h5-8,10,12,14H,3-4,9,11H2,1-2H3,(H,22,26)/t12-,14-/m1/s1. The monoisotopic (exact) mass is 392 g/mol. The van der Waals surface area contributed by atoms with Crippen LogP contribution >= 0.6 is 11.6 Å². The number of nitrogens with zero attached hydrogens (tertiary/aromatic N) is 3. The minimum absolute atomic E-state index is 0.0506. The van der Waals surface area contributed by atoms with E-state index in [9.17, 15) is 9.18 Å². The number of halogens is 2. The lowest BCUT2D eigenvalue weighted by Crippen LogP contribution is -2.44. The number of anilines is 1. The van der Waals surface area contributed by atoms with Crippen molar-refractivity contribution in [3.05, 3.63) is 46.9 Å². The number of amides is 1. The lowest BCUT2D eigenvalue weighted by atomic mass is 9.96. The molecular formula is C19H22ClFN4O2. The summed E-state index contributed by atoms with van der Waals surface area (Å²) in [5.41, 5.74) is 0.692. The lowest BCUT2D eigenvalue weighted by molar-refractivity contribution is -0.125. The highest BCUT2D eigenvalue weighted by Gasteiger charge is 2.27. The molecule has 8 heteroatoms. The number of carbonyl (C=O) groups excluding carboxylic acids is 1. The first-order valence-electron chi connectivity index (χ1n) is 8.86. The number of piperidine rings is 1. The molecule has 0 bridgehead atoms. The highest BCUT2D eigenvalue weighted by molar-refractivity contribution is 6.29. The number of methoxy groups -OCH3 is 1. The van der Waals surface area contributed by atoms with Crippen LogP contribution in [0.5, 0.6) is 5.75 Å². The van der Waals surface area contributed by atoms with Crippen LogP contribution in [0.3, 0.4) is 0 Å². The molecule has 0 radical (unpaired) electrons. The van der Waals surface area contributed by atoms with Crippen molar-refractivity contribution in [3.8, 4) is 5.75 Å². The lowest BCUT2D eigenvalue weighted by Gasteiger charge is -2.33. The van der Waals surface area contributed by atoms with E-state index in [0.29, 0.717) is 23.1 Å². The highest BCUT2D eigenvalue weighted by atomic mass is 35.5. The SMILES string of the molecule is COc1ccc([C@@H](C)NC(=O)[C@@H]2CCCN(c3ccc(Cl)nn3)C2)cc1F. The van der Waals surface area contributed by atoms with E-state index in [-0.39, 0.29) is 23.6 Å². The quantitative estimate of drug-likeness (QED) is 0.845. The van der Waals surface area contributed by atoms with Gasteiger partial charge in [0.1, 0.15) is 0 Å². The van der Waals surface area contributed by atoms with Gasteiger partial charge in [-0.05, 0) is 49.6 Å². The van der Waals surface area contributed by atoms with Crippen LogP contribution in [-0.2, 0) is 4.79 Å². The maximum absolute atomic E-state index is 13.9. The molecule has 2 aromatic rings. The summed E-state index contributed by atoms with van der Waals surface area (Å²) in [5, 5.41) is 11.3. The molecule has 1 N–H and O–H groups in total. The molecule has 1 aromatic carbocycles. The van der Waals surface area contributed by atoms with E-state index in [1.54, 1.807) is 24.3 Å². The molecule has 1 aliphatic heterocycles. The molecule has 0 saturated carbocycles. The Hall–Kier alpha value is -2.41. The van der Waals surface area contributed by atoms with E-state index in [1.165, 1.54) is 13.2 Å². The minimum atomic E-state index is -0.443. The van der Waals surface area contributed by atoms with E-state index < -0.39 is 5.82 Å². The molecule has 1 aliphatic rings. The zero-order valence-electron chi connectivity index (χ0n) is 15.3. The molecule has 1 fully saturated rings. The molecule has 0 unspecified atom stereocenters. The van der Waals surface area contributed by atoms with Crippen LogP contribution in [-0.4, -0.2) is 36.3 Å². The van der Waals surface area contributed by atoms with Crippen LogP contribution in [0, 0.1) is 11.7 Å². The normalized spacial score (nSPS) is 18.1. The van der Waals surface area contributed by atoms with Crippen molar-refractivity contribution in [1.82, 2.24) is 15.5 Å². The third-order valence-corrected chi connectivity index (χ3v) is 4.97. The van der Waals surface area contributed by atoms with Gasteiger partial charge in [-0.25, -0.2) is 4.39 Å². The van der Waals surface area contributed by atoms with Gasteiger partial charge in [-0.3, -0.25) is 4.79 Å². The van der Waals surface area contributed by atoms with Crippen LogP contribution < -0.4 is 15.0 Å². The van der Waals surface area contributed by atoms with Crippen LogP contribution in [0.2, 0.25) is 5.15 Å². The van der Waals surface area contributed by atoms with Crippen molar-refractivity contribution in [2.45, 2.75) is 25.8 Å². The van der Waals surface area contributed by atoms with Crippen molar-refractivity contribution < 1.29 is 13.9 Å². The molecule has 27 heavy (non-hydrogen) atoms. The van der Waals surface area contributed by atoms with Crippen molar-refractivity contribution in [2.24, 2.45) is 5.92 Å². The molecule has 1 amide bonds. The van der Waals surface area contributed by atoms with Gasteiger partial charge >= 0.3 is 0 Å². The Morgan fingerprint density at radius 3 is 2.85 bits per heavy atom. The van der Waals surface area contributed by atoms with E-state index >= 15 is 0 Å². The zero-order chi connectivity index (χ0) is 19.4. The summed E-state index contributed by atoms with van der Waals surface area (Å²) in [6.45, 7) is 3.22. The third kappa shape index (κ3) is 4.66. The average molecular weight is 393 g/mol. The first-order chi connectivity index (χ1) is 13.0. The number of hydrogen-bond donors (Lipinski definition) is 1. The van der Waals surface area contributed by atoms with Gasteiger partial charge in [-0.2, -0.15) is 0 Å². The topological polar surface area (TPSA) is 67.3 Å². The zero-order valence-corrected chi connectivity index (χ0v) is 16.0. The number of carbonyl (C=O) groups is 1. The molecule has 1 aromatic heterocycles. The van der Waals surface area contributed by atoms with Gasteiger partial charge in [0.25, 0.3) is 0 Å². The van der Waals surface area contributed by atoms with Crippen LogP contribution in [0.4, 0.5) is 10.2 Å². The molecule has 6 nitrogen and oxygen atoms in total. The Balaban J connectivity index is 1.63. The maximum atomic E-state index is 13.9.